The van der Waals surface area contributed by atoms with E-state index in [4.69, 9.17) is 9.40 Å². The summed E-state index contributed by atoms with van der Waals surface area (Å²) in [5.41, 5.74) is 2.23. The van der Waals surface area contributed by atoms with Crippen LogP contribution in [0.25, 0.3) is 0 Å². The van der Waals surface area contributed by atoms with Gasteiger partial charge in [-0.25, -0.2) is 9.97 Å². The molecule has 0 aliphatic carbocycles. The molecule has 0 unspecified atom stereocenters. The first-order valence-corrected chi connectivity index (χ1v) is 10.7. The monoisotopic (exact) mass is 410 g/mol. The molecule has 0 saturated heterocycles. The van der Waals surface area contributed by atoms with Gasteiger partial charge < -0.3 is 14.6 Å². The van der Waals surface area contributed by atoms with E-state index >= 15 is 0 Å². The van der Waals surface area contributed by atoms with Crippen LogP contribution in [-0.4, -0.2) is 29.5 Å². The van der Waals surface area contributed by atoms with Gasteiger partial charge in [0.1, 0.15) is 11.6 Å². The normalized spacial score (nSPS) is 10.7. The minimum atomic E-state index is -0.196. The summed E-state index contributed by atoms with van der Waals surface area (Å²) >= 11 is 1.50. The van der Waals surface area contributed by atoms with Crippen molar-refractivity contribution in [1.29, 1.82) is 0 Å². The molecule has 3 rings (SSSR count). The third-order valence-electron chi connectivity index (χ3n) is 4.33. The summed E-state index contributed by atoms with van der Waals surface area (Å²) in [6.45, 7) is 5.31. The number of anilines is 1. The molecule has 3 aromatic rings. The Labute approximate surface area is 175 Å². The molecule has 0 aliphatic heterocycles. The van der Waals surface area contributed by atoms with Crippen LogP contribution >= 0.6 is 11.8 Å². The third-order valence-corrected chi connectivity index (χ3v) is 5.20. The SMILES string of the molecule is CCNC(=O)c1ccc(CSc2nc(CC)cc(N(C)Cc3ccccc3)n2)o1. The molecule has 0 bridgehead atoms. The first-order chi connectivity index (χ1) is 14.1. The summed E-state index contributed by atoms with van der Waals surface area (Å²) < 4.78 is 5.63. The number of amides is 1. The molecule has 0 aliphatic rings. The average molecular weight is 411 g/mol. The van der Waals surface area contributed by atoms with Gasteiger partial charge in [-0.05, 0) is 31.0 Å². The molecule has 29 heavy (non-hydrogen) atoms. The van der Waals surface area contributed by atoms with E-state index in [1.165, 1.54) is 17.3 Å². The number of carbonyl (C=O) groups excluding carboxylic acids is 1. The highest BCUT2D eigenvalue weighted by Gasteiger charge is 2.13. The maximum Gasteiger partial charge on any atom is 0.286 e. The topological polar surface area (TPSA) is 71.3 Å². The Morgan fingerprint density at radius 1 is 1.14 bits per heavy atom. The highest BCUT2D eigenvalue weighted by molar-refractivity contribution is 7.98. The van der Waals surface area contributed by atoms with E-state index < -0.39 is 0 Å². The van der Waals surface area contributed by atoms with Crippen molar-refractivity contribution in [2.45, 2.75) is 37.7 Å². The Balaban J connectivity index is 1.69. The van der Waals surface area contributed by atoms with Crippen molar-refractivity contribution in [3.8, 4) is 0 Å². The van der Waals surface area contributed by atoms with Gasteiger partial charge >= 0.3 is 0 Å². The summed E-state index contributed by atoms with van der Waals surface area (Å²) in [4.78, 5) is 23.3. The van der Waals surface area contributed by atoms with Gasteiger partial charge in [0.25, 0.3) is 5.91 Å². The van der Waals surface area contributed by atoms with Crippen LogP contribution in [-0.2, 0) is 18.7 Å². The largest absolute Gasteiger partial charge is 0.455 e. The van der Waals surface area contributed by atoms with Crippen LogP contribution in [0.1, 0.15) is 41.4 Å². The van der Waals surface area contributed by atoms with Crippen molar-refractivity contribution in [3.05, 3.63) is 71.3 Å². The van der Waals surface area contributed by atoms with Gasteiger partial charge in [0.2, 0.25) is 0 Å². The summed E-state index contributed by atoms with van der Waals surface area (Å²) in [7, 11) is 2.04. The number of nitrogens with zero attached hydrogens (tertiary/aromatic N) is 3. The predicted octanol–water partition coefficient (Wildman–Crippen LogP) is 4.31. The molecule has 1 amide bonds. The van der Waals surface area contributed by atoms with Crippen LogP contribution in [0.3, 0.4) is 0 Å². The Morgan fingerprint density at radius 3 is 2.66 bits per heavy atom. The lowest BCUT2D eigenvalue weighted by Crippen LogP contribution is -2.21. The molecule has 0 atom stereocenters. The van der Waals surface area contributed by atoms with Gasteiger partial charge in [0.15, 0.2) is 10.9 Å². The molecular weight excluding hydrogens is 384 g/mol. The van der Waals surface area contributed by atoms with E-state index in [2.05, 4.69) is 34.3 Å². The summed E-state index contributed by atoms with van der Waals surface area (Å²) in [5.74, 6) is 2.31. The molecule has 0 fully saturated rings. The zero-order valence-electron chi connectivity index (χ0n) is 17.0. The van der Waals surface area contributed by atoms with Crippen LogP contribution in [0.5, 0.6) is 0 Å². The van der Waals surface area contributed by atoms with Gasteiger partial charge in [0, 0.05) is 31.9 Å². The Morgan fingerprint density at radius 2 is 1.93 bits per heavy atom. The number of hydrogen-bond acceptors (Lipinski definition) is 6. The number of thioether (sulfide) groups is 1. The van der Waals surface area contributed by atoms with E-state index in [1.807, 2.05) is 44.3 Å². The van der Waals surface area contributed by atoms with Gasteiger partial charge in [-0.1, -0.05) is 49.0 Å². The van der Waals surface area contributed by atoms with E-state index in [0.717, 1.165) is 30.2 Å². The maximum absolute atomic E-state index is 11.8. The molecule has 6 nitrogen and oxygen atoms in total. The zero-order chi connectivity index (χ0) is 20.6. The van der Waals surface area contributed by atoms with Crippen molar-refractivity contribution in [2.24, 2.45) is 0 Å². The summed E-state index contributed by atoms with van der Waals surface area (Å²) in [6, 6.07) is 15.9. The van der Waals surface area contributed by atoms with Crippen molar-refractivity contribution in [2.75, 3.05) is 18.5 Å². The minimum absolute atomic E-state index is 0.196. The standard InChI is InChI=1S/C22H26N4O2S/c1-4-17-13-20(26(3)14-16-9-7-6-8-10-16)25-22(24-17)29-15-18-11-12-19(28-18)21(27)23-5-2/h6-13H,4-5,14-15H2,1-3H3,(H,23,27). The predicted molar refractivity (Wildman–Crippen MR) is 116 cm³/mol. The molecule has 0 radical (unpaired) electrons. The summed E-state index contributed by atoms with van der Waals surface area (Å²) in [6.07, 6.45) is 0.838. The van der Waals surface area contributed by atoms with Crippen LogP contribution in [0, 0.1) is 0 Å². The Hall–Kier alpha value is -2.80. The fourth-order valence-electron chi connectivity index (χ4n) is 2.80. The fraction of sp³-hybridized carbons (Fsp3) is 0.318. The highest BCUT2D eigenvalue weighted by atomic mass is 32.2. The molecule has 1 N–H and O–H groups in total. The van der Waals surface area contributed by atoms with Crippen LogP contribution in [0.4, 0.5) is 5.82 Å². The number of aromatic nitrogens is 2. The molecule has 0 spiro atoms. The number of aryl methyl sites for hydroxylation is 1. The van der Waals surface area contributed by atoms with Gasteiger partial charge in [-0.3, -0.25) is 4.79 Å². The van der Waals surface area contributed by atoms with Crippen molar-refractivity contribution < 1.29 is 9.21 Å². The fourth-order valence-corrected chi connectivity index (χ4v) is 3.57. The number of furan rings is 1. The Bertz CT molecular complexity index is 943. The first-order valence-electron chi connectivity index (χ1n) is 9.71. The van der Waals surface area contributed by atoms with Gasteiger partial charge in [0.05, 0.1) is 5.75 Å². The number of carbonyl (C=O) groups is 1. The molecule has 7 heteroatoms. The quantitative estimate of drug-likeness (QED) is 0.419. The summed E-state index contributed by atoms with van der Waals surface area (Å²) in [5, 5.41) is 3.44. The van der Waals surface area contributed by atoms with Crippen LogP contribution in [0.2, 0.25) is 0 Å². The molecule has 2 heterocycles. The molecule has 1 aromatic carbocycles. The lowest BCUT2D eigenvalue weighted by atomic mass is 10.2. The van der Waals surface area contributed by atoms with Gasteiger partial charge in [-0.15, -0.1) is 0 Å². The van der Waals surface area contributed by atoms with Crippen molar-refractivity contribution in [3.63, 3.8) is 0 Å². The van der Waals surface area contributed by atoms with Gasteiger partial charge in [-0.2, -0.15) is 0 Å². The van der Waals surface area contributed by atoms with E-state index in [9.17, 15) is 4.79 Å². The Kier molecular flexibility index (Phi) is 7.30. The van der Waals surface area contributed by atoms with E-state index in [-0.39, 0.29) is 5.91 Å². The number of benzene rings is 1. The van der Waals surface area contributed by atoms with E-state index in [0.29, 0.717) is 23.2 Å². The zero-order valence-corrected chi connectivity index (χ0v) is 17.8. The number of rotatable bonds is 9. The number of hydrogen-bond donors (Lipinski definition) is 1. The lowest BCUT2D eigenvalue weighted by molar-refractivity contribution is 0.0927. The second-order valence-electron chi connectivity index (χ2n) is 6.61. The van der Waals surface area contributed by atoms with E-state index in [1.54, 1.807) is 6.07 Å². The van der Waals surface area contributed by atoms with Crippen molar-refractivity contribution >= 4 is 23.5 Å². The molecular formula is C22H26N4O2S. The first kappa shape index (κ1) is 20.9. The number of nitrogens with one attached hydrogen (secondary N) is 1. The maximum atomic E-state index is 11.8. The van der Waals surface area contributed by atoms with Crippen molar-refractivity contribution in [1.82, 2.24) is 15.3 Å². The highest BCUT2D eigenvalue weighted by Crippen LogP contribution is 2.24. The smallest absolute Gasteiger partial charge is 0.286 e. The molecule has 2 aromatic heterocycles. The van der Waals surface area contributed by atoms with Crippen LogP contribution < -0.4 is 10.2 Å². The third kappa shape index (κ3) is 5.84. The second-order valence-corrected chi connectivity index (χ2v) is 7.55. The second kappa shape index (κ2) is 10.1. The molecule has 152 valence electrons. The minimum Gasteiger partial charge on any atom is -0.455 e. The average Bonchev–Trinajstić information content (AvgIpc) is 3.22. The molecule has 0 saturated carbocycles. The van der Waals surface area contributed by atoms with Crippen LogP contribution in [0.15, 0.2) is 58.1 Å². The lowest BCUT2D eigenvalue weighted by Gasteiger charge is -2.19.